The van der Waals surface area contributed by atoms with E-state index in [9.17, 15) is 8.42 Å². The summed E-state index contributed by atoms with van der Waals surface area (Å²) in [7, 11) is 0.0460. The first kappa shape index (κ1) is 18.1. The summed E-state index contributed by atoms with van der Waals surface area (Å²) in [4.78, 5) is 0. The number of aryl methyl sites for hydroxylation is 1. The number of hydrogen-bond acceptors (Lipinski definition) is 4. The van der Waals surface area contributed by atoms with E-state index >= 15 is 0 Å². The van der Waals surface area contributed by atoms with Gasteiger partial charge >= 0.3 is 0 Å². The predicted octanol–water partition coefficient (Wildman–Crippen LogP) is 0.119. The van der Waals surface area contributed by atoms with E-state index in [1.54, 1.807) is 11.7 Å². The van der Waals surface area contributed by atoms with Crippen molar-refractivity contribution in [2.75, 3.05) is 33.2 Å². The lowest BCUT2D eigenvalue weighted by molar-refractivity contribution is 0.444. The van der Waals surface area contributed by atoms with Gasteiger partial charge in [0.15, 0.2) is 0 Å². The monoisotopic (exact) mass is 317 g/mol. The molecule has 0 aliphatic carbocycles. The third-order valence-electron chi connectivity index (χ3n) is 3.10. The summed E-state index contributed by atoms with van der Waals surface area (Å²) in [5.74, 6) is 0. The first-order chi connectivity index (χ1) is 9.95. The van der Waals surface area contributed by atoms with Crippen LogP contribution in [0.2, 0.25) is 0 Å². The highest BCUT2D eigenvalue weighted by Crippen LogP contribution is 1.98. The van der Waals surface area contributed by atoms with Crippen molar-refractivity contribution in [2.45, 2.75) is 26.2 Å². The van der Waals surface area contributed by atoms with E-state index in [0.29, 0.717) is 19.5 Å². The zero-order valence-electron chi connectivity index (χ0n) is 13.2. The van der Waals surface area contributed by atoms with Crippen LogP contribution in [-0.2, 0) is 23.7 Å². The molecule has 1 aromatic heterocycles. The van der Waals surface area contributed by atoms with Crippen molar-refractivity contribution >= 4 is 10.2 Å². The lowest BCUT2D eigenvalue weighted by atomic mass is 10.3. The van der Waals surface area contributed by atoms with Crippen LogP contribution < -0.4 is 10.0 Å². The third-order valence-corrected chi connectivity index (χ3v) is 4.67. The Morgan fingerprint density at radius 2 is 2.10 bits per heavy atom. The van der Waals surface area contributed by atoms with Gasteiger partial charge in [-0.15, -0.1) is 0 Å². The Hall–Kier alpha value is -0.960. The largest absolute Gasteiger partial charge is 0.317 e. The molecule has 0 saturated carbocycles. The molecule has 0 saturated heterocycles. The van der Waals surface area contributed by atoms with Crippen LogP contribution in [0.15, 0.2) is 12.3 Å². The highest BCUT2D eigenvalue weighted by molar-refractivity contribution is 7.87. The highest BCUT2D eigenvalue weighted by Gasteiger charge is 2.16. The Bertz CT molecular complexity index is 500. The van der Waals surface area contributed by atoms with Crippen LogP contribution in [0.5, 0.6) is 0 Å². The maximum Gasteiger partial charge on any atom is 0.279 e. The van der Waals surface area contributed by atoms with Crippen molar-refractivity contribution in [3.63, 3.8) is 0 Å². The van der Waals surface area contributed by atoms with Crippen LogP contribution in [0, 0.1) is 0 Å². The van der Waals surface area contributed by atoms with Gasteiger partial charge in [0.05, 0.1) is 5.69 Å². The minimum atomic E-state index is -3.40. The second-order valence-corrected chi connectivity index (χ2v) is 6.92. The molecule has 0 aliphatic rings. The molecule has 1 rings (SSSR count). The summed E-state index contributed by atoms with van der Waals surface area (Å²) < 4.78 is 29.7. The van der Waals surface area contributed by atoms with Gasteiger partial charge < -0.3 is 5.32 Å². The highest BCUT2D eigenvalue weighted by atomic mass is 32.2. The molecule has 0 spiro atoms. The second kappa shape index (κ2) is 9.14. The predicted molar refractivity (Wildman–Crippen MR) is 84.2 cm³/mol. The van der Waals surface area contributed by atoms with Gasteiger partial charge in [-0.1, -0.05) is 6.92 Å². The van der Waals surface area contributed by atoms with Gasteiger partial charge in [0.1, 0.15) is 0 Å². The van der Waals surface area contributed by atoms with Crippen LogP contribution in [-0.4, -0.2) is 55.7 Å². The maximum atomic E-state index is 12.0. The molecule has 0 aromatic carbocycles. The van der Waals surface area contributed by atoms with E-state index in [1.165, 1.54) is 4.31 Å². The fourth-order valence-electron chi connectivity index (χ4n) is 1.86. The third kappa shape index (κ3) is 7.03. The smallest absolute Gasteiger partial charge is 0.279 e. The van der Waals surface area contributed by atoms with Gasteiger partial charge in [-0.25, -0.2) is 4.72 Å². The van der Waals surface area contributed by atoms with Crippen molar-refractivity contribution in [3.05, 3.63) is 18.0 Å². The zero-order valence-corrected chi connectivity index (χ0v) is 14.0. The summed E-state index contributed by atoms with van der Waals surface area (Å²) in [5.41, 5.74) is 0.881. The molecule has 1 aromatic rings. The topological polar surface area (TPSA) is 79.3 Å². The van der Waals surface area contributed by atoms with Gasteiger partial charge in [-0.05, 0) is 32.0 Å². The molecule has 2 N–H and O–H groups in total. The number of aromatic nitrogens is 2. The molecule has 0 bridgehead atoms. The molecule has 0 unspecified atom stereocenters. The number of hydrogen-bond donors (Lipinski definition) is 2. The Balaban J connectivity index is 2.24. The molecule has 1 heterocycles. The van der Waals surface area contributed by atoms with Crippen LogP contribution in [0.3, 0.4) is 0 Å². The minimum Gasteiger partial charge on any atom is -0.317 e. The van der Waals surface area contributed by atoms with E-state index in [0.717, 1.165) is 31.6 Å². The second-order valence-electron chi connectivity index (χ2n) is 5.06. The van der Waals surface area contributed by atoms with Gasteiger partial charge in [0.25, 0.3) is 10.2 Å². The van der Waals surface area contributed by atoms with E-state index in [2.05, 4.69) is 22.1 Å². The first-order valence-electron chi connectivity index (χ1n) is 7.36. The molecule has 8 heteroatoms. The average Bonchev–Trinajstić information content (AvgIpc) is 2.83. The maximum absolute atomic E-state index is 12.0. The number of nitrogens with one attached hydrogen (secondary N) is 2. The number of nitrogens with zero attached hydrogens (tertiary/aromatic N) is 3. The molecule has 7 nitrogen and oxygen atoms in total. The molecule has 0 fully saturated rings. The van der Waals surface area contributed by atoms with Crippen LogP contribution >= 0.6 is 0 Å². The van der Waals surface area contributed by atoms with Crippen LogP contribution in [0.1, 0.15) is 25.5 Å². The average molecular weight is 317 g/mol. The van der Waals surface area contributed by atoms with Crippen molar-refractivity contribution in [1.29, 1.82) is 0 Å². The van der Waals surface area contributed by atoms with Crippen molar-refractivity contribution in [2.24, 2.45) is 7.05 Å². The SMILES string of the molecule is CCCNCCCN(C)S(=O)(=O)NCCc1ccn(C)n1. The fourth-order valence-corrected chi connectivity index (χ4v) is 2.81. The van der Waals surface area contributed by atoms with Crippen molar-refractivity contribution in [3.8, 4) is 0 Å². The van der Waals surface area contributed by atoms with Gasteiger partial charge in [-0.3, -0.25) is 4.68 Å². The van der Waals surface area contributed by atoms with E-state index < -0.39 is 10.2 Å². The van der Waals surface area contributed by atoms with Crippen molar-refractivity contribution in [1.82, 2.24) is 24.1 Å². The first-order valence-corrected chi connectivity index (χ1v) is 8.80. The Morgan fingerprint density at radius 1 is 1.33 bits per heavy atom. The van der Waals surface area contributed by atoms with Gasteiger partial charge in [-0.2, -0.15) is 17.8 Å². The normalized spacial score (nSPS) is 12.2. The molecule has 122 valence electrons. The standard InChI is InChI=1S/C13H27N5O2S/c1-4-8-14-9-5-11-18(3)21(19,20)15-10-6-13-7-12-17(2)16-13/h7,12,14-15H,4-6,8-11H2,1-3H3. The zero-order chi connectivity index (χ0) is 15.7. The van der Waals surface area contributed by atoms with Gasteiger partial charge in [0.2, 0.25) is 0 Å². The lowest BCUT2D eigenvalue weighted by Gasteiger charge is -2.17. The Kier molecular flexibility index (Phi) is 7.87. The summed E-state index contributed by atoms with van der Waals surface area (Å²) in [6.45, 7) is 4.78. The van der Waals surface area contributed by atoms with E-state index in [4.69, 9.17) is 0 Å². The molecular formula is C13H27N5O2S. The Labute approximate surface area is 127 Å². The van der Waals surface area contributed by atoms with Gasteiger partial charge in [0, 0.05) is 39.8 Å². The van der Waals surface area contributed by atoms with Crippen molar-refractivity contribution < 1.29 is 8.42 Å². The van der Waals surface area contributed by atoms with Crippen LogP contribution in [0.25, 0.3) is 0 Å². The summed E-state index contributed by atoms with van der Waals surface area (Å²) in [6, 6.07) is 1.89. The summed E-state index contributed by atoms with van der Waals surface area (Å²) >= 11 is 0. The fraction of sp³-hybridized carbons (Fsp3) is 0.769. The molecule has 0 atom stereocenters. The van der Waals surface area contributed by atoms with E-state index in [1.807, 2.05) is 19.3 Å². The summed E-state index contributed by atoms with van der Waals surface area (Å²) in [5, 5.41) is 7.47. The minimum absolute atomic E-state index is 0.359. The molecule has 0 amide bonds. The van der Waals surface area contributed by atoms with E-state index in [-0.39, 0.29) is 0 Å². The molecule has 0 aliphatic heterocycles. The summed E-state index contributed by atoms with van der Waals surface area (Å²) in [6.07, 6.45) is 4.33. The molecule has 0 radical (unpaired) electrons. The number of rotatable bonds is 11. The Morgan fingerprint density at radius 3 is 2.71 bits per heavy atom. The lowest BCUT2D eigenvalue weighted by Crippen LogP contribution is -2.40. The quantitative estimate of drug-likeness (QED) is 0.568. The van der Waals surface area contributed by atoms with Crippen LogP contribution in [0.4, 0.5) is 0 Å². The molecular weight excluding hydrogens is 290 g/mol. The molecule has 21 heavy (non-hydrogen) atoms.